The van der Waals surface area contributed by atoms with Gasteiger partial charge >= 0.3 is 12.0 Å². The predicted molar refractivity (Wildman–Crippen MR) is 73.2 cm³/mol. The summed E-state index contributed by atoms with van der Waals surface area (Å²) in [5.41, 5.74) is 4.96. The van der Waals surface area contributed by atoms with Gasteiger partial charge in [-0.1, -0.05) is 0 Å². The van der Waals surface area contributed by atoms with E-state index in [9.17, 15) is 22.8 Å². The summed E-state index contributed by atoms with van der Waals surface area (Å²) in [6, 6.07) is -1.29. The summed E-state index contributed by atoms with van der Waals surface area (Å²) in [5.74, 6) is -1.99. The number of carboxylic acid groups (broad SMARTS) is 1. The first-order valence-corrected chi connectivity index (χ1v) is 8.28. The molecule has 1 aliphatic rings. The highest BCUT2D eigenvalue weighted by atomic mass is 32.2. The quantitative estimate of drug-likeness (QED) is 0.488. The van der Waals surface area contributed by atoms with Gasteiger partial charge in [0.15, 0.2) is 9.84 Å². The highest BCUT2D eigenvalue weighted by Crippen LogP contribution is 2.17. The van der Waals surface area contributed by atoms with E-state index in [0.29, 0.717) is 6.42 Å². The second kappa shape index (κ2) is 7.25. The number of nitrogens with two attached hydrogens (primary N) is 1. The van der Waals surface area contributed by atoms with Gasteiger partial charge in [0, 0.05) is 19.0 Å². The number of hydrogen-bond acceptors (Lipinski definition) is 5. The van der Waals surface area contributed by atoms with E-state index in [1.165, 1.54) is 0 Å². The average Bonchev–Trinajstić information content (AvgIpc) is 2.71. The standard InChI is InChI=1S/C11H19N3O6S/c12-9(15)2-1-4-13-11(18)14(6-10(16)17)8-3-5-21(19,20)7-8/h8H,1-7H2,(H2,12,15)(H,13,18)(H,16,17). The summed E-state index contributed by atoms with van der Waals surface area (Å²) in [5, 5.41) is 11.3. The monoisotopic (exact) mass is 321 g/mol. The molecule has 1 fully saturated rings. The van der Waals surface area contributed by atoms with Gasteiger partial charge in [-0.2, -0.15) is 0 Å². The van der Waals surface area contributed by atoms with Crippen molar-refractivity contribution in [2.45, 2.75) is 25.3 Å². The molecule has 0 bridgehead atoms. The zero-order valence-corrected chi connectivity index (χ0v) is 12.3. The Kier molecular flexibility index (Phi) is 5.94. The maximum Gasteiger partial charge on any atom is 0.323 e. The van der Waals surface area contributed by atoms with Crippen LogP contribution >= 0.6 is 0 Å². The molecule has 0 saturated carbocycles. The highest BCUT2D eigenvalue weighted by molar-refractivity contribution is 7.91. The Morgan fingerprint density at radius 1 is 1.33 bits per heavy atom. The molecule has 3 amide bonds. The number of carbonyl (C=O) groups is 3. The Balaban J connectivity index is 2.58. The van der Waals surface area contributed by atoms with Gasteiger partial charge in [-0.25, -0.2) is 13.2 Å². The van der Waals surface area contributed by atoms with Crippen LogP contribution in [-0.2, 0) is 19.4 Å². The number of urea groups is 1. The average molecular weight is 321 g/mol. The Morgan fingerprint density at radius 2 is 2.00 bits per heavy atom. The number of sulfone groups is 1. The van der Waals surface area contributed by atoms with E-state index in [2.05, 4.69) is 5.32 Å². The molecule has 0 aromatic rings. The van der Waals surface area contributed by atoms with Gasteiger partial charge in [-0.05, 0) is 12.8 Å². The second-order valence-electron chi connectivity index (χ2n) is 4.88. The predicted octanol–water partition coefficient (Wildman–Crippen LogP) is -1.46. The normalized spacial score (nSPS) is 19.9. The molecule has 0 aromatic heterocycles. The number of carboxylic acids is 1. The topological polar surface area (TPSA) is 147 Å². The lowest BCUT2D eigenvalue weighted by atomic mass is 10.2. The van der Waals surface area contributed by atoms with Crippen LogP contribution in [0.4, 0.5) is 4.79 Å². The molecule has 0 aromatic carbocycles. The van der Waals surface area contributed by atoms with Crippen molar-refractivity contribution >= 4 is 27.7 Å². The highest BCUT2D eigenvalue weighted by Gasteiger charge is 2.35. The van der Waals surface area contributed by atoms with E-state index < -0.39 is 40.3 Å². The number of primary amides is 1. The number of aliphatic carboxylic acids is 1. The van der Waals surface area contributed by atoms with Crippen LogP contribution in [0.3, 0.4) is 0 Å². The fourth-order valence-electron chi connectivity index (χ4n) is 2.09. The summed E-state index contributed by atoms with van der Waals surface area (Å²) >= 11 is 0. The molecule has 4 N–H and O–H groups in total. The molecule has 0 spiro atoms. The summed E-state index contributed by atoms with van der Waals surface area (Å²) in [7, 11) is -3.22. The smallest absolute Gasteiger partial charge is 0.323 e. The third kappa shape index (κ3) is 5.98. The van der Waals surface area contributed by atoms with Gasteiger partial charge in [0.1, 0.15) is 6.54 Å². The van der Waals surface area contributed by atoms with Crippen molar-refractivity contribution in [1.29, 1.82) is 0 Å². The van der Waals surface area contributed by atoms with E-state index >= 15 is 0 Å². The van der Waals surface area contributed by atoms with Crippen LogP contribution in [0.25, 0.3) is 0 Å². The summed E-state index contributed by atoms with van der Waals surface area (Å²) < 4.78 is 22.9. The lowest BCUT2D eigenvalue weighted by Gasteiger charge is -2.26. The Hall–Kier alpha value is -1.84. The van der Waals surface area contributed by atoms with Crippen LogP contribution < -0.4 is 11.1 Å². The zero-order valence-electron chi connectivity index (χ0n) is 11.4. The van der Waals surface area contributed by atoms with Crippen molar-refractivity contribution in [3.05, 3.63) is 0 Å². The van der Waals surface area contributed by atoms with Crippen LogP contribution in [0.1, 0.15) is 19.3 Å². The maximum atomic E-state index is 12.0. The number of amides is 3. The van der Waals surface area contributed by atoms with Gasteiger partial charge in [0.05, 0.1) is 11.5 Å². The van der Waals surface area contributed by atoms with Crippen molar-refractivity contribution in [2.75, 3.05) is 24.6 Å². The lowest BCUT2D eigenvalue weighted by molar-refractivity contribution is -0.138. The van der Waals surface area contributed by atoms with Crippen molar-refractivity contribution < 1.29 is 27.9 Å². The number of nitrogens with zero attached hydrogens (tertiary/aromatic N) is 1. The minimum Gasteiger partial charge on any atom is -0.480 e. The van der Waals surface area contributed by atoms with Crippen LogP contribution in [0.15, 0.2) is 0 Å². The molecule has 0 aliphatic carbocycles. The zero-order chi connectivity index (χ0) is 16.0. The molecule has 9 nitrogen and oxygen atoms in total. The number of hydrogen-bond donors (Lipinski definition) is 3. The van der Waals surface area contributed by atoms with Crippen LogP contribution in [-0.4, -0.2) is 67.0 Å². The molecule has 1 atom stereocenters. The van der Waals surface area contributed by atoms with Crippen LogP contribution in [0, 0.1) is 0 Å². The molecule has 1 heterocycles. The number of nitrogens with one attached hydrogen (secondary N) is 1. The minimum absolute atomic E-state index is 0.0528. The first kappa shape index (κ1) is 17.2. The van der Waals surface area contributed by atoms with Crippen LogP contribution in [0.5, 0.6) is 0 Å². The largest absolute Gasteiger partial charge is 0.480 e. The molecule has 1 unspecified atom stereocenters. The van der Waals surface area contributed by atoms with Gasteiger partial charge < -0.3 is 21.1 Å². The molecule has 1 aliphatic heterocycles. The maximum absolute atomic E-state index is 12.0. The molecular formula is C11H19N3O6S. The Labute approximate surface area is 122 Å². The molecule has 21 heavy (non-hydrogen) atoms. The summed E-state index contributed by atoms with van der Waals surface area (Å²) in [6.07, 6.45) is 0.673. The van der Waals surface area contributed by atoms with Gasteiger partial charge in [0.25, 0.3) is 0 Å². The van der Waals surface area contributed by atoms with Crippen molar-refractivity contribution in [3.8, 4) is 0 Å². The molecular weight excluding hydrogens is 302 g/mol. The SMILES string of the molecule is NC(=O)CCCNC(=O)N(CC(=O)O)C1CCS(=O)(=O)C1. The van der Waals surface area contributed by atoms with Gasteiger partial charge in [-0.15, -0.1) is 0 Å². The third-order valence-corrected chi connectivity index (χ3v) is 4.84. The molecule has 0 radical (unpaired) electrons. The lowest BCUT2D eigenvalue weighted by Crippen LogP contribution is -2.49. The number of rotatable bonds is 7. The molecule has 120 valence electrons. The summed E-state index contributed by atoms with van der Waals surface area (Å²) in [4.78, 5) is 34.4. The molecule has 1 rings (SSSR count). The van der Waals surface area contributed by atoms with Crippen molar-refractivity contribution in [1.82, 2.24) is 10.2 Å². The third-order valence-electron chi connectivity index (χ3n) is 3.09. The fourth-order valence-corrected chi connectivity index (χ4v) is 3.82. The summed E-state index contributed by atoms with van der Waals surface area (Å²) in [6.45, 7) is -0.404. The fraction of sp³-hybridized carbons (Fsp3) is 0.727. The van der Waals surface area contributed by atoms with Gasteiger partial charge in [-0.3, -0.25) is 9.59 Å². The number of carbonyl (C=O) groups excluding carboxylic acids is 2. The van der Waals surface area contributed by atoms with E-state index in [-0.39, 0.29) is 30.9 Å². The van der Waals surface area contributed by atoms with E-state index in [0.717, 1.165) is 4.90 Å². The van der Waals surface area contributed by atoms with E-state index in [1.54, 1.807) is 0 Å². The molecule has 1 saturated heterocycles. The second-order valence-corrected chi connectivity index (χ2v) is 7.11. The van der Waals surface area contributed by atoms with Crippen molar-refractivity contribution in [3.63, 3.8) is 0 Å². The van der Waals surface area contributed by atoms with Crippen LogP contribution in [0.2, 0.25) is 0 Å². The molecule has 10 heteroatoms. The Bertz CT molecular complexity index is 518. The first-order valence-electron chi connectivity index (χ1n) is 6.46. The van der Waals surface area contributed by atoms with E-state index in [1.807, 2.05) is 0 Å². The van der Waals surface area contributed by atoms with Crippen molar-refractivity contribution in [2.24, 2.45) is 5.73 Å². The minimum atomic E-state index is -3.22. The first-order chi connectivity index (χ1) is 9.71. The van der Waals surface area contributed by atoms with E-state index in [4.69, 9.17) is 10.8 Å². The Morgan fingerprint density at radius 3 is 2.48 bits per heavy atom. The van der Waals surface area contributed by atoms with Gasteiger partial charge in [0.2, 0.25) is 5.91 Å².